The van der Waals surface area contributed by atoms with E-state index in [1.165, 1.54) is 13.5 Å². The van der Waals surface area contributed by atoms with E-state index in [2.05, 4.69) is 48.5 Å². The second kappa shape index (κ2) is 13.1. The Hall–Kier alpha value is -2.37. The van der Waals surface area contributed by atoms with Crippen molar-refractivity contribution < 1.29 is 28.6 Å². The summed E-state index contributed by atoms with van der Waals surface area (Å²) in [6, 6.07) is 10.1. The standard InChI is InChI=1S/C42H64O6/c1-11-21-42(36(45)47-27-29-15-13-12-14-16-29)25-24-40(8)30(28(42)2)17-18-32-39(7)22-20-33(38(5,6)31(39)19-23-41(32,40)9)48-34(43)26-37(3,4)35(44)46-10/h12-16,28,30-33H,11,17-27H2,1-10H3/t28?,30?,31?,32?,33?,39?,40-,41?,42?/m1/s1. The molecule has 268 valence electrons. The van der Waals surface area contributed by atoms with Crippen LogP contribution in [0.25, 0.3) is 0 Å². The molecular weight excluding hydrogens is 600 g/mol. The minimum Gasteiger partial charge on any atom is -0.469 e. The molecule has 9 atom stereocenters. The van der Waals surface area contributed by atoms with Crippen molar-refractivity contribution in [2.75, 3.05) is 7.11 Å². The molecule has 0 spiro atoms. The molecule has 0 bridgehead atoms. The number of benzene rings is 1. The molecule has 4 saturated carbocycles. The van der Waals surface area contributed by atoms with Crippen LogP contribution in [0.3, 0.4) is 0 Å². The molecule has 0 heterocycles. The Balaban J connectivity index is 1.35. The summed E-state index contributed by atoms with van der Waals surface area (Å²) in [6.07, 6.45) is 10.2. The van der Waals surface area contributed by atoms with Crippen molar-refractivity contribution in [3.8, 4) is 0 Å². The van der Waals surface area contributed by atoms with E-state index in [4.69, 9.17) is 14.2 Å². The van der Waals surface area contributed by atoms with E-state index < -0.39 is 16.8 Å². The maximum atomic E-state index is 14.1. The predicted octanol–water partition coefficient (Wildman–Crippen LogP) is 9.72. The van der Waals surface area contributed by atoms with Crippen LogP contribution in [0.2, 0.25) is 0 Å². The minimum absolute atomic E-state index is 0.00953. The number of methoxy groups -OCH3 is 1. The zero-order chi connectivity index (χ0) is 35.3. The third-order valence-corrected chi connectivity index (χ3v) is 15.4. The molecule has 4 aliphatic rings. The van der Waals surface area contributed by atoms with E-state index in [9.17, 15) is 14.4 Å². The van der Waals surface area contributed by atoms with Crippen LogP contribution >= 0.6 is 0 Å². The zero-order valence-electron chi connectivity index (χ0n) is 31.7. The Bertz CT molecular complexity index is 1350. The van der Waals surface area contributed by atoms with Gasteiger partial charge in [0.2, 0.25) is 0 Å². The summed E-state index contributed by atoms with van der Waals surface area (Å²) in [4.78, 5) is 39.5. The van der Waals surface area contributed by atoms with Crippen LogP contribution < -0.4 is 0 Å². The summed E-state index contributed by atoms with van der Waals surface area (Å²) < 4.78 is 17.3. The van der Waals surface area contributed by atoms with Gasteiger partial charge in [-0.1, -0.05) is 85.2 Å². The lowest BCUT2D eigenvalue weighted by molar-refractivity contribution is -0.251. The largest absolute Gasteiger partial charge is 0.469 e. The molecule has 1 aromatic carbocycles. The van der Waals surface area contributed by atoms with Gasteiger partial charge < -0.3 is 14.2 Å². The van der Waals surface area contributed by atoms with Gasteiger partial charge in [0.1, 0.15) is 12.7 Å². The van der Waals surface area contributed by atoms with Gasteiger partial charge in [-0.05, 0) is 117 Å². The third-order valence-electron chi connectivity index (χ3n) is 15.4. The maximum absolute atomic E-state index is 14.1. The quantitative estimate of drug-likeness (QED) is 0.193. The molecule has 4 aliphatic carbocycles. The SMILES string of the molecule is CCCC1(C(=O)OCc2ccccc2)CC[C@]2(C)C(CCC3C4(C)CCC(OC(=O)CC(C)(C)C(=O)OC)C(C)(C)C4CCC32C)C1C. The average molecular weight is 665 g/mol. The molecule has 0 N–H and O–H groups in total. The smallest absolute Gasteiger partial charge is 0.312 e. The first kappa shape index (κ1) is 36.9. The number of hydrogen-bond acceptors (Lipinski definition) is 6. The second-order valence-electron chi connectivity index (χ2n) is 18.3. The second-order valence-corrected chi connectivity index (χ2v) is 18.3. The molecule has 0 aromatic heterocycles. The Morgan fingerprint density at radius 1 is 0.854 bits per heavy atom. The normalized spacial score (nSPS) is 38.8. The van der Waals surface area contributed by atoms with Crippen molar-refractivity contribution in [2.45, 2.75) is 146 Å². The third kappa shape index (κ3) is 5.83. The van der Waals surface area contributed by atoms with Gasteiger partial charge in [0.15, 0.2) is 0 Å². The van der Waals surface area contributed by atoms with Gasteiger partial charge in [-0.2, -0.15) is 0 Å². The van der Waals surface area contributed by atoms with E-state index in [0.29, 0.717) is 24.4 Å². The predicted molar refractivity (Wildman–Crippen MR) is 189 cm³/mol. The van der Waals surface area contributed by atoms with Gasteiger partial charge in [-0.25, -0.2) is 0 Å². The monoisotopic (exact) mass is 664 g/mol. The van der Waals surface area contributed by atoms with Gasteiger partial charge >= 0.3 is 17.9 Å². The summed E-state index contributed by atoms with van der Waals surface area (Å²) in [7, 11) is 1.36. The molecule has 0 radical (unpaired) electrons. The van der Waals surface area contributed by atoms with Gasteiger partial charge in [-0.15, -0.1) is 0 Å². The number of carbonyl (C=O) groups excluding carboxylic acids is 3. The van der Waals surface area contributed by atoms with E-state index in [1.54, 1.807) is 13.8 Å². The van der Waals surface area contributed by atoms with Crippen LogP contribution in [0, 0.1) is 56.2 Å². The molecule has 0 saturated heterocycles. The molecule has 48 heavy (non-hydrogen) atoms. The number of hydrogen-bond donors (Lipinski definition) is 0. The van der Waals surface area contributed by atoms with Crippen molar-refractivity contribution in [2.24, 2.45) is 56.2 Å². The van der Waals surface area contributed by atoms with Gasteiger partial charge in [-0.3, -0.25) is 14.4 Å². The number of esters is 3. The fourth-order valence-corrected chi connectivity index (χ4v) is 12.5. The molecule has 0 amide bonds. The lowest BCUT2D eigenvalue weighted by atomic mass is 9.32. The molecule has 4 fully saturated rings. The first-order valence-electron chi connectivity index (χ1n) is 18.9. The molecule has 0 aliphatic heterocycles. The van der Waals surface area contributed by atoms with Crippen LogP contribution in [-0.4, -0.2) is 31.1 Å². The van der Waals surface area contributed by atoms with Crippen molar-refractivity contribution in [1.29, 1.82) is 0 Å². The Morgan fingerprint density at radius 2 is 1.54 bits per heavy atom. The molecule has 5 rings (SSSR count). The Morgan fingerprint density at radius 3 is 2.19 bits per heavy atom. The summed E-state index contributed by atoms with van der Waals surface area (Å²) >= 11 is 0. The van der Waals surface area contributed by atoms with Gasteiger partial charge in [0.05, 0.1) is 24.4 Å². The topological polar surface area (TPSA) is 78.9 Å². The average Bonchev–Trinajstić information content (AvgIpc) is 3.03. The highest BCUT2D eigenvalue weighted by Gasteiger charge is 2.70. The van der Waals surface area contributed by atoms with Crippen molar-refractivity contribution in [3.05, 3.63) is 35.9 Å². The highest BCUT2D eigenvalue weighted by molar-refractivity contribution is 5.82. The van der Waals surface area contributed by atoms with E-state index in [0.717, 1.165) is 63.4 Å². The van der Waals surface area contributed by atoms with Gasteiger partial charge in [0.25, 0.3) is 0 Å². The first-order valence-corrected chi connectivity index (χ1v) is 18.9. The Kier molecular flexibility index (Phi) is 10.0. The van der Waals surface area contributed by atoms with E-state index >= 15 is 0 Å². The number of fused-ring (bicyclic) bond motifs is 5. The van der Waals surface area contributed by atoms with Crippen LogP contribution in [0.5, 0.6) is 0 Å². The molecule has 6 heteroatoms. The zero-order valence-corrected chi connectivity index (χ0v) is 31.7. The molecule has 6 nitrogen and oxygen atoms in total. The lowest BCUT2D eigenvalue weighted by Crippen LogP contribution is -2.67. The Labute approximate surface area is 290 Å². The molecule has 1 aromatic rings. The lowest BCUT2D eigenvalue weighted by Gasteiger charge is -2.72. The number of ether oxygens (including phenoxy) is 3. The highest BCUT2D eigenvalue weighted by atomic mass is 16.5. The van der Waals surface area contributed by atoms with E-state index in [-0.39, 0.29) is 52.0 Å². The summed E-state index contributed by atoms with van der Waals surface area (Å²) in [5, 5.41) is 0. The number of carbonyl (C=O) groups is 3. The van der Waals surface area contributed by atoms with Crippen LogP contribution in [0.4, 0.5) is 0 Å². The van der Waals surface area contributed by atoms with Crippen LogP contribution in [0.15, 0.2) is 30.3 Å². The summed E-state index contributed by atoms with van der Waals surface area (Å²) in [5.74, 6) is 1.07. The first-order chi connectivity index (χ1) is 22.4. The summed E-state index contributed by atoms with van der Waals surface area (Å²) in [5.41, 5.74) is -0.000724. The number of rotatable bonds is 9. The van der Waals surface area contributed by atoms with Crippen molar-refractivity contribution >= 4 is 17.9 Å². The molecular formula is C42H64O6. The maximum Gasteiger partial charge on any atom is 0.312 e. The minimum atomic E-state index is -0.912. The fourth-order valence-electron chi connectivity index (χ4n) is 12.5. The molecule has 8 unspecified atom stereocenters. The van der Waals surface area contributed by atoms with Crippen LogP contribution in [-0.2, 0) is 35.2 Å². The van der Waals surface area contributed by atoms with Crippen LogP contribution in [0.1, 0.15) is 139 Å². The van der Waals surface area contributed by atoms with Crippen molar-refractivity contribution in [1.82, 2.24) is 0 Å². The fraction of sp³-hybridized carbons (Fsp3) is 0.786. The van der Waals surface area contributed by atoms with Crippen molar-refractivity contribution in [3.63, 3.8) is 0 Å². The van der Waals surface area contributed by atoms with Gasteiger partial charge in [0, 0.05) is 5.41 Å². The van der Waals surface area contributed by atoms with E-state index in [1.807, 2.05) is 30.3 Å². The highest BCUT2D eigenvalue weighted by Crippen LogP contribution is 2.76. The summed E-state index contributed by atoms with van der Waals surface area (Å²) in [6.45, 7) is 20.8.